The molecular weight excluding hydrogens is 238 g/mol. The van der Waals surface area contributed by atoms with Crippen LogP contribution in [0.4, 0.5) is 0 Å². The third-order valence-electron chi connectivity index (χ3n) is 3.52. The van der Waals surface area contributed by atoms with Crippen molar-refractivity contribution in [3.63, 3.8) is 0 Å². The maximum absolute atomic E-state index is 9.22. The Labute approximate surface area is 107 Å². The second kappa shape index (κ2) is 7.14. The van der Waals surface area contributed by atoms with E-state index in [1.807, 2.05) is 0 Å². The van der Waals surface area contributed by atoms with Crippen LogP contribution in [0.1, 0.15) is 25.7 Å². The highest BCUT2D eigenvalue weighted by molar-refractivity contribution is 8.03. The molecule has 1 aliphatic heterocycles. The molecule has 0 spiro atoms. The lowest BCUT2D eigenvalue weighted by molar-refractivity contribution is 0.168. The molecule has 16 heavy (non-hydrogen) atoms. The number of rotatable bonds is 3. The quantitative estimate of drug-likeness (QED) is 0.814. The third kappa shape index (κ3) is 4.13. The number of nitrogens with one attached hydrogen (secondary N) is 1. The molecule has 0 aromatic carbocycles. The van der Waals surface area contributed by atoms with Gasteiger partial charge in [0.25, 0.3) is 0 Å². The molecule has 1 saturated carbocycles. The van der Waals surface area contributed by atoms with Gasteiger partial charge in [0.2, 0.25) is 0 Å². The lowest BCUT2D eigenvalue weighted by Crippen LogP contribution is -2.43. The van der Waals surface area contributed by atoms with Gasteiger partial charge in [-0.15, -0.1) is 0 Å². The Morgan fingerprint density at radius 3 is 2.50 bits per heavy atom. The smallest absolute Gasteiger partial charge is 0.0459 e. The molecule has 2 nitrogen and oxygen atoms in total. The van der Waals surface area contributed by atoms with Gasteiger partial charge in [-0.3, -0.25) is 0 Å². The summed E-state index contributed by atoms with van der Waals surface area (Å²) in [5.41, 5.74) is 0. The van der Waals surface area contributed by atoms with Gasteiger partial charge in [0.15, 0.2) is 0 Å². The average Bonchev–Trinajstić information content (AvgIpc) is 2.58. The van der Waals surface area contributed by atoms with Gasteiger partial charge in [-0.2, -0.15) is 23.5 Å². The number of aliphatic hydroxyl groups excluding tert-OH is 1. The molecule has 1 heterocycles. The lowest BCUT2D eigenvalue weighted by atomic mass is 9.86. The van der Waals surface area contributed by atoms with Crippen molar-refractivity contribution in [3.05, 3.63) is 0 Å². The summed E-state index contributed by atoms with van der Waals surface area (Å²) in [5, 5.41) is 13.0. The van der Waals surface area contributed by atoms with E-state index in [-0.39, 0.29) is 0 Å². The SMILES string of the molecule is OC[C@@H]1CCC[C@H](NC2CSCCSC2)C1. The van der Waals surface area contributed by atoms with E-state index in [2.05, 4.69) is 28.8 Å². The summed E-state index contributed by atoms with van der Waals surface area (Å²) in [6.45, 7) is 0.381. The van der Waals surface area contributed by atoms with E-state index in [9.17, 15) is 5.11 Å². The molecule has 2 fully saturated rings. The zero-order valence-electron chi connectivity index (χ0n) is 9.86. The van der Waals surface area contributed by atoms with E-state index in [4.69, 9.17) is 0 Å². The van der Waals surface area contributed by atoms with Crippen molar-refractivity contribution in [1.82, 2.24) is 5.32 Å². The zero-order valence-corrected chi connectivity index (χ0v) is 11.5. The topological polar surface area (TPSA) is 32.3 Å². The summed E-state index contributed by atoms with van der Waals surface area (Å²) in [6.07, 6.45) is 5.00. The fourth-order valence-electron chi connectivity index (χ4n) is 2.65. The van der Waals surface area contributed by atoms with Gasteiger partial charge in [0.1, 0.15) is 0 Å². The summed E-state index contributed by atoms with van der Waals surface area (Å²) in [4.78, 5) is 0. The molecule has 94 valence electrons. The molecule has 2 aliphatic rings. The van der Waals surface area contributed by atoms with Gasteiger partial charge < -0.3 is 10.4 Å². The van der Waals surface area contributed by atoms with E-state index in [0.717, 1.165) is 0 Å². The Balaban J connectivity index is 1.74. The molecule has 0 unspecified atom stereocenters. The molecule has 0 bridgehead atoms. The largest absolute Gasteiger partial charge is 0.396 e. The van der Waals surface area contributed by atoms with Gasteiger partial charge >= 0.3 is 0 Å². The maximum Gasteiger partial charge on any atom is 0.0459 e. The van der Waals surface area contributed by atoms with Crippen molar-refractivity contribution in [3.8, 4) is 0 Å². The Bertz CT molecular complexity index is 195. The van der Waals surface area contributed by atoms with Gasteiger partial charge in [0, 0.05) is 41.7 Å². The van der Waals surface area contributed by atoms with Gasteiger partial charge in [-0.05, 0) is 25.2 Å². The van der Waals surface area contributed by atoms with Gasteiger partial charge in [0.05, 0.1) is 0 Å². The van der Waals surface area contributed by atoms with Crippen LogP contribution in [0.5, 0.6) is 0 Å². The maximum atomic E-state index is 9.22. The summed E-state index contributed by atoms with van der Waals surface area (Å²) in [6, 6.07) is 1.36. The van der Waals surface area contributed by atoms with Crippen LogP contribution in [0, 0.1) is 5.92 Å². The molecule has 2 atom stereocenters. The summed E-state index contributed by atoms with van der Waals surface area (Å²) < 4.78 is 0. The van der Waals surface area contributed by atoms with E-state index in [1.165, 1.54) is 48.7 Å². The highest BCUT2D eigenvalue weighted by Gasteiger charge is 2.24. The first-order valence-electron chi connectivity index (χ1n) is 6.41. The third-order valence-corrected chi connectivity index (χ3v) is 6.04. The van der Waals surface area contributed by atoms with Crippen LogP contribution in [-0.4, -0.2) is 46.8 Å². The van der Waals surface area contributed by atoms with Crippen molar-refractivity contribution < 1.29 is 5.11 Å². The Morgan fingerprint density at radius 2 is 1.81 bits per heavy atom. The van der Waals surface area contributed by atoms with Crippen LogP contribution in [-0.2, 0) is 0 Å². The van der Waals surface area contributed by atoms with Gasteiger partial charge in [-0.1, -0.05) is 6.42 Å². The van der Waals surface area contributed by atoms with Crippen LogP contribution in [0.3, 0.4) is 0 Å². The Morgan fingerprint density at radius 1 is 1.06 bits per heavy atom. The molecule has 0 aromatic rings. The molecule has 2 N–H and O–H groups in total. The Kier molecular flexibility index (Phi) is 5.83. The zero-order chi connectivity index (χ0) is 11.2. The number of thioether (sulfide) groups is 2. The minimum atomic E-state index is 0.381. The van der Waals surface area contributed by atoms with Gasteiger partial charge in [-0.25, -0.2) is 0 Å². The second-order valence-corrected chi connectivity index (χ2v) is 7.23. The number of hydrogen-bond donors (Lipinski definition) is 2. The van der Waals surface area contributed by atoms with Crippen molar-refractivity contribution >= 4 is 23.5 Å². The first-order chi connectivity index (χ1) is 7.88. The van der Waals surface area contributed by atoms with Crippen molar-refractivity contribution in [2.75, 3.05) is 29.6 Å². The van der Waals surface area contributed by atoms with Crippen molar-refractivity contribution in [2.24, 2.45) is 5.92 Å². The fourth-order valence-corrected chi connectivity index (χ4v) is 5.08. The summed E-state index contributed by atoms with van der Waals surface area (Å²) in [5.74, 6) is 5.72. The van der Waals surface area contributed by atoms with Crippen molar-refractivity contribution in [1.29, 1.82) is 0 Å². The normalized spacial score (nSPS) is 33.6. The summed E-state index contributed by atoms with van der Waals surface area (Å²) in [7, 11) is 0. The molecule has 4 heteroatoms. The molecule has 0 radical (unpaired) electrons. The molecule has 1 saturated heterocycles. The van der Waals surface area contributed by atoms with E-state index >= 15 is 0 Å². The highest BCUT2D eigenvalue weighted by atomic mass is 32.2. The van der Waals surface area contributed by atoms with Crippen LogP contribution >= 0.6 is 23.5 Å². The molecule has 0 amide bonds. The lowest BCUT2D eigenvalue weighted by Gasteiger charge is -2.31. The van der Waals surface area contributed by atoms with Crippen LogP contribution in [0.25, 0.3) is 0 Å². The molecule has 0 aromatic heterocycles. The fraction of sp³-hybridized carbons (Fsp3) is 1.00. The minimum Gasteiger partial charge on any atom is -0.396 e. The number of aliphatic hydroxyl groups is 1. The number of hydrogen-bond acceptors (Lipinski definition) is 4. The van der Waals surface area contributed by atoms with E-state index in [1.54, 1.807) is 0 Å². The standard InChI is InChI=1S/C12H23NOS2/c14-7-10-2-1-3-11(6-10)13-12-8-15-4-5-16-9-12/h10-14H,1-9H2/t10-,11+/m1/s1. The van der Waals surface area contributed by atoms with E-state index in [0.29, 0.717) is 24.6 Å². The predicted octanol–water partition coefficient (Wildman–Crippen LogP) is 1.98. The molecular formula is C12H23NOS2. The van der Waals surface area contributed by atoms with Crippen LogP contribution < -0.4 is 5.32 Å². The predicted molar refractivity (Wildman–Crippen MR) is 74.4 cm³/mol. The monoisotopic (exact) mass is 261 g/mol. The minimum absolute atomic E-state index is 0.381. The van der Waals surface area contributed by atoms with Crippen LogP contribution in [0.15, 0.2) is 0 Å². The van der Waals surface area contributed by atoms with Crippen LogP contribution in [0.2, 0.25) is 0 Å². The van der Waals surface area contributed by atoms with E-state index < -0.39 is 0 Å². The second-order valence-electron chi connectivity index (χ2n) is 4.93. The molecule has 1 aliphatic carbocycles. The first-order valence-corrected chi connectivity index (χ1v) is 8.72. The highest BCUT2D eigenvalue weighted by Crippen LogP contribution is 2.25. The van der Waals surface area contributed by atoms with Crippen molar-refractivity contribution in [2.45, 2.75) is 37.8 Å². The Hall–Kier alpha value is 0.620. The molecule has 2 rings (SSSR count). The average molecular weight is 261 g/mol. The summed E-state index contributed by atoms with van der Waals surface area (Å²) >= 11 is 4.17. The first kappa shape index (κ1) is 13.1.